The number of carbonyl (C=O) groups excluding carboxylic acids is 2. The number of benzene rings is 2. The summed E-state index contributed by atoms with van der Waals surface area (Å²) in [7, 11) is 0. The van der Waals surface area contributed by atoms with Crippen molar-refractivity contribution in [2.24, 2.45) is 0 Å². The molecule has 0 radical (unpaired) electrons. The number of para-hydroxylation sites is 1. The number of aromatic nitrogens is 1. The van der Waals surface area contributed by atoms with Crippen LogP contribution in [0.3, 0.4) is 0 Å². The lowest BCUT2D eigenvalue weighted by molar-refractivity contribution is 0.0711. The molecule has 0 saturated carbocycles. The number of rotatable bonds is 4. The van der Waals surface area contributed by atoms with Crippen molar-refractivity contribution in [3.63, 3.8) is 0 Å². The molecule has 1 aliphatic heterocycles. The van der Waals surface area contributed by atoms with E-state index in [2.05, 4.69) is 5.32 Å². The van der Waals surface area contributed by atoms with E-state index in [9.17, 15) is 9.59 Å². The van der Waals surface area contributed by atoms with Crippen LogP contribution < -0.4 is 5.32 Å². The minimum Gasteiger partial charge on any atom is -0.339 e. The summed E-state index contributed by atoms with van der Waals surface area (Å²) in [5.41, 5.74) is 3.63. The van der Waals surface area contributed by atoms with Crippen molar-refractivity contribution in [2.75, 3.05) is 18.4 Å². The number of anilines is 1. The van der Waals surface area contributed by atoms with Gasteiger partial charge in [0.1, 0.15) is 0 Å². The minimum atomic E-state index is -0.161. The molecule has 0 atom stereocenters. The Morgan fingerprint density at radius 1 is 1.00 bits per heavy atom. The van der Waals surface area contributed by atoms with Crippen LogP contribution in [0.1, 0.15) is 50.9 Å². The fourth-order valence-electron chi connectivity index (χ4n) is 3.96. The first-order valence-electron chi connectivity index (χ1n) is 10.4. The molecule has 0 unspecified atom stereocenters. The first-order valence-corrected chi connectivity index (χ1v) is 10.8. The van der Waals surface area contributed by atoms with Crippen molar-refractivity contribution in [1.82, 2.24) is 9.88 Å². The third-order valence-corrected chi connectivity index (χ3v) is 5.82. The fraction of sp³-hybridized carbons (Fsp3) is 0.240. The molecular formula is C25H24ClN3O2. The lowest BCUT2D eigenvalue weighted by atomic mass is 9.89. The van der Waals surface area contributed by atoms with Crippen molar-refractivity contribution in [2.45, 2.75) is 25.7 Å². The average molecular weight is 434 g/mol. The Kier molecular flexibility index (Phi) is 6.33. The maximum absolute atomic E-state index is 13.0. The van der Waals surface area contributed by atoms with Crippen molar-refractivity contribution >= 4 is 29.1 Å². The van der Waals surface area contributed by atoms with Crippen molar-refractivity contribution in [3.05, 3.63) is 94.3 Å². The normalized spacial score (nSPS) is 14.3. The molecule has 2 amide bonds. The van der Waals surface area contributed by atoms with Gasteiger partial charge in [0.05, 0.1) is 11.3 Å². The molecule has 0 bridgehead atoms. The number of amides is 2. The zero-order chi connectivity index (χ0) is 21.8. The van der Waals surface area contributed by atoms with Gasteiger partial charge in [-0.3, -0.25) is 14.6 Å². The molecular weight excluding hydrogens is 410 g/mol. The summed E-state index contributed by atoms with van der Waals surface area (Å²) in [6, 6.07) is 20.1. The molecule has 4 rings (SSSR count). The Balaban J connectivity index is 1.48. The van der Waals surface area contributed by atoms with Gasteiger partial charge >= 0.3 is 0 Å². The van der Waals surface area contributed by atoms with Gasteiger partial charge in [0.15, 0.2) is 0 Å². The standard InChI is InChI=1S/C25H24ClN3O2/c1-17-10-11-22(24(30)28-21-8-3-2-4-9-21)23(27-17)18-12-14-29(15-13-18)25(31)19-6-5-7-20(26)16-19/h2-11,16,18H,12-15H2,1H3,(H,28,30). The Hall–Kier alpha value is -3.18. The van der Waals surface area contributed by atoms with E-state index in [4.69, 9.17) is 16.6 Å². The average Bonchev–Trinajstić information content (AvgIpc) is 2.79. The van der Waals surface area contributed by atoms with E-state index >= 15 is 0 Å². The number of nitrogens with one attached hydrogen (secondary N) is 1. The summed E-state index contributed by atoms with van der Waals surface area (Å²) in [5.74, 6) is -0.0498. The van der Waals surface area contributed by atoms with E-state index in [0.717, 1.165) is 29.9 Å². The molecule has 158 valence electrons. The fourth-order valence-corrected chi connectivity index (χ4v) is 4.15. The van der Waals surface area contributed by atoms with Gasteiger partial charge in [0, 0.05) is 41.0 Å². The molecule has 1 aromatic heterocycles. The van der Waals surface area contributed by atoms with Crippen LogP contribution in [0.15, 0.2) is 66.7 Å². The number of piperidine rings is 1. The van der Waals surface area contributed by atoms with E-state index in [-0.39, 0.29) is 17.7 Å². The van der Waals surface area contributed by atoms with Gasteiger partial charge in [-0.2, -0.15) is 0 Å². The first-order chi connectivity index (χ1) is 15.0. The number of likely N-dealkylation sites (tertiary alicyclic amines) is 1. The second kappa shape index (κ2) is 9.31. The molecule has 1 saturated heterocycles. The van der Waals surface area contributed by atoms with Gasteiger partial charge in [-0.05, 0) is 62.2 Å². The number of carbonyl (C=O) groups is 2. The SMILES string of the molecule is Cc1ccc(C(=O)Nc2ccccc2)c(C2CCN(C(=O)c3cccc(Cl)c3)CC2)n1. The summed E-state index contributed by atoms with van der Waals surface area (Å²) in [6.45, 7) is 3.16. The second-order valence-electron chi connectivity index (χ2n) is 7.78. The van der Waals surface area contributed by atoms with Crippen LogP contribution in [0.25, 0.3) is 0 Å². The van der Waals surface area contributed by atoms with Crippen LogP contribution >= 0.6 is 11.6 Å². The number of hydrogen-bond donors (Lipinski definition) is 1. The van der Waals surface area contributed by atoms with Gasteiger partial charge in [-0.1, -0.05) is 35.9 Å². The zero-order valence-electron chi connectivity index (χ0n) is 17.3. The summed E-state index contributed by atoms with van der Waals surface area (Å²) >= 11 is 6.03. The highest BCUT2D eigenvalue weighted by Gasteiger charge is 2.28. The van der Waals surface area contributed by atoms with Crippen molar-refractivity contribution in [3.8, 4) is 0 Å². The summed E-state index contributed by atoms with van der Waals surface area (Å²) in [5, 5.41) is 3.51. The Bertz CT molecular complexity index is 1090. The number of aryl methyl sites for hydroxylation is 1. The highest BCUT2D eigenvalue weighted by atomic mass is 35.5. The van der Waals surface area contributed by atoms with E-state index < -0.39 is 0 Å². The largest absolute Gasteiger partial charge is 0.339 e. The van der Waals surface area contributed by atoms with Gasteiger partial charge in [-0.15, -0.1) is 0 Å². The molecule has 1 N–H and O–H groups in total. The number of nitrogens with zero attached hydrogens (tertiary/aromatic N) is 2. The van der Waals surface area contributed by atoms with Crippen LogP contribution in [0, 0.1) is 6.92 Å². The Morgan fingerprint density at radius 3 is 2.45 bits per heavy atom. The third kappa shape index (κ3) is 4.94. The van der Waals surface area contributed by atoms with Gasteiger partial charge in [0.2, 0.25) is 0 Å². The molecule has 3 aromatic rings. The molecule has 2 heterocycles. The Morgan fingerprint density at radius 2 is 1.74 bits per heavy atom. The monoisotopic (exact) mass is 433 g/mol. The molecule has 6 heteroatoms. The molecule has 0 spiro atoms. The van der Waals surface area contributed by atoms with E-state index in [0.29, 0.717) is 29.2 Å². The van der Waals surface area contributed by atoms with Gasteiger partial charge in [-0.25, -0.2) is 0 Å². The quantitative estimate of drug-likeness (QED) is 0.606. The van der Waals surface area contributed by atoms with Crippen LogP contribution in [0.4, 0.5) is 5.69 Å². The molecule has 0 aliphatic carbocycles. The molecule has 31 heavy (non-hydrogen) atoms. The van der Waals surface area contributed by atoms with E-state index in [1.54, 1.807) is 24.3 Å². The maximum atomic E-state index is 13.0. The van der Waals surface area contributed by atoms with Crippen LogP contribution in [0.5, 0.6) is 0 Å². The van der Waals surface area contributed by atoms with Crippen molar-refractivity contribution in [1.29, 1.82) is 0 Å². The van der Waals surface area contributed by atoms with Crippen LogP contribution in [0.2, 0.25) is 5.02 Å². The lowest BCUT2D eigenvalue weighted by Crippen LogP contribution is -2.38. The summed E-state index contributed by atoms with van der Waals surface area (Å²) < 4.78 is 0. The molecule has 1 fully saturated rings. The molecule has 5 nitrogen and oxygen atoms in total. The van der Waals surface area contributed by atoms with Crippen LogP contribution in [-0.4, -0.2) is 34.8 Å². The first kappa shape index (κ1) is 21.1. The third-order valence-electron chi connectivity index (χ3n) is 5.58. The minimum absolute atomic E-state index is 0.0137. The highest BCUT2D eigenvalue weighted by Crippen LogP contribution is 2.30. The smallest absolute Gasteiger partial charge is 0.257 e. The van der Waals surface area contributed by atoms with Crippen LogP contribution in [-0.2, 0) is 0 Å². The molecule has 1 aliphatic rings. The van der Waals surface area contributed by atoms with Crippen molar-refractivity contribution < 1.29 is 9.59 Å². The van der Waals surface area contributed by atoms with E-state index in [1.165, 1.54) is 0 Å². The molecule has 2 aromatic carbocycles. The predicted molar refractivity (Wildman–Crippen MR) is 123 cm³/mol. The van der Waals surface area contributed by atoms with Gasteiger partial charge < -0.3 is 10.2 Å². The predicted octanol–water partition coefficient (Wildman–Crippen LogP) is 5.32. The van der Waals surface area contributed by atoms with Gasteiger partial charge in [0.25, 0.3) is 11.8 Å². The number of pyridine rings is 1. The Labute approximate surface area is 187 Å². The topological polar surface area (TPSA) is 62.3 Å². The number of halogens is 1. The highest BCUT2D eigenvalue weighted by molar-refractivity contribution is 6.30. The number of hydrogen-bond acceptors (Lipinski definition) is 3. The lowest BCUT2D eigenvalue weighted by Gasteiger charge is -2.32. The summed E-state index contributed by atoms with van der Waals surface area (Å²) in [4.78, 5) is 32.3. The summed E-state index contributed by atoms with van der Waals surface area (Å²) in [6.07, 6.45) is 1.52. The van der Waals surface area contributed by atoms with E-state index in [1.807, 2.05) is 54.3 Å². The second-order valence-corrected chi connectivity index (χ2v) is 8.22. The zero-order valence-corrected chi connectivity index (χ0v) is 18.1. The maximum Gasteiger partial charge on any atom is 0.257 e.